The number of aromatic amines is 1. The van der Waals surface area contributed by atoms with Crippen LogP contribution in [0.3, 0.4) is 0 Å². The zero-order valence-corrected chi connectivity index (χ0v) is 15.5. The third-order valence-electron chi connectivity index (χ3n) is 6.36. The largest absolute Gasteiger partial charge is 0.356 e. The summed E-state index contributed by atoms with van der Waals surface area (Å²) in [6, 6.07) is 8.06. The van der Waals surface area contributed by atoms with E-state index in [0.29, 0.717) is 18.8 Å². The third-order valence-corrected chi connectivity index (χ3v) is 6.36. The summed E-state index contributed by atoms with van der Waals surface area (Å²) >= 11 is 0. The van der Waals surface area contributed by atoms with Crippen molar-refractivity contribution in [3.8, 4) is 0 Å². The van der Waals surface area contributed by atoms with Crippen LogP contribution in [0.1, 0.15) is 37.1 Å². The topological polar surface area (TPSA) is 116 Å². The molecule has 0 radical (unpaired) electrons. The van der Waals surface area contributed by atoms with E-state index in [1.54, 1.807) is 0 Å². The van der Waals surface area contributed by atoms with Gasteiger partial charge < -0.3 is 10.6 Å². The fraction of sp³-hybridized carbons (Fsp3) is 0.526. The molecule has 1 aromatic carbocycles. The highest BCUT2D eigenvalue weighted by molar-refractivity contribution is 6.09. The van der Waals surface area contributed by atoms with Gasteiger partial charge in [-0.3, -0.25) is 14.5 Å². The molecule has 2 amide bonds. The van der Waals surface area contributed by atoms with Crippen molar-refractivity contribution >= 4 is 17.5 Å². The molecule has 4 heterocycles. The highest BCUT2D eigenvalue weighted by Gasteiger charge is 2.65. The van der Waals surface area contributed by atoms with Crippen LogP contribution in [0.25, 0.3) is 0 Å². The second-order valence-electron chi connectivity index (χ2n) is 7.77. The minimum absolute atomic E-state index is 0.0469. The van der Waals surface area contributed by atoms with Crippen molar-refractivity contribution in [3.63, 3.8) is 0 Å². The van der Waals surface area contributed by atoms with Gasteiger partial charge in [-0.05, 0) is 38.3 Å². The van der Waals surface area contributed by atoms with Crippen LogP contribution in [0.2, 0.25) is 0 Å². The van der Waals surface area contributed by atoms with Crippen LogP contribution in [-0.4, -0.2) is 56.5 Å². The standard InChI is InChI=1S/C19H23N7O2/c27-17(20-9-3-8-16-22-24-25-23-16)14-11-12-5-4-10-26(12)19(14)13-6-1-2-7-15(13)21-18(19)28/h1-2,6-7,12,14H,3-5,8-11H2,(H,20,27)(H,21,28)(H,22,23,24,25)/t12-,14-,19+/m1/s1. The Kier molecular flexibility index (Phi) is 4.12. The van der Waals surface area contributed by atoms with Crippen molar-refractivity contribution in [1.82, 2.24) is 30.8 Å². The Morgan fingerprint density at radius 3 is 3.11 bits per heavy atom. The number of benzene rings is 1. The molecule has 3 aliphatic rings. The summed E-state index contributed by atoms with van der Waals surface area (Å²) in [6.45, 7) is 1.38. The summed E-state index contributed by atoms with van der Waals surface area (Å²) in [5, 5.41) is 19.9. The number of nitrogens with one attached hydrogen (secondary N) is 3. The molecule has 5 rings (SSSR count). The van der Waals surface area contributed by atoms with Crippen LogP contribution >= 0.6 is 0 Å². The molecule has 28 heavy (non-hydrogen) atoms. The number of hydrogen-bond donors (Lipinski definition) is 3. The molecule has 3 atom stereocenters. The lowest BCUT2D eigenvalue weighted by molar-refractivity contribution is -0.137. The number of para-hydroxylation sites is 1. The second kappa shape index (κ2) is 6.66. The number of carbonyl (C=O) groups excluding carboxylic acids is 2. The van der Waals surface area contributed by atoms with Crippen LogP contribution in [0.15, 0.2) is 24.3 Å². The number of rotatable bonds is 5. The zero-order valence-electron chi connectivity index (χ0n) is 15.5. The first-order valence-corrected chi connectivity index (χ1v) is 9.89. The average molecular weight is 381 g/mol. The first-order valence-electron chi connectivity index (χ1n) is 9.89. The molecule has 2 fully saturated rings. The van der Waals surface area contributed by atoms with E-state index in [-0.39, 0.29) is 23.8 Å². The third kappa shape index (κ3) is 2.46. The van der Waals surface area contributed by atoms with Crippen molar-refractivity contribution < 1.29 is 9.59 Å². The number of hydrogen-bond acceptors (Lipinski definition) is 6. The van der Waals surface area contributed by atoms with Crippen LogP contribution in [0, 0.1) is 5.92 Å². The SMILES string of the molecule is O=C(NCCCc1nn[nH]n1)[C@H]1C[C@H]2CCCN2[C@]12C(=O)Nc1ccccc12. The van der Waals surface area contributed by atoms with Crippen molar-refractivity contribution in [1.29, 1.82) is 0 Å². The van der Waals surface area contributed by atoms with Crippen molar-refractivity contribution in [2.24, 2.45) is 5.92 Å². The van der Waals surface area contributed by atoms with E-state index in [0.717, 1.165) is 43.5 Å². The molecule has 0 unspecified atom stereocenters. The Morgan fingerprint density at radius 2 is 2.25 bits per heavy atom. The van der Waals surface area contributed by atoms with E-state index in [1.807, 2.05) is 24.3 Å². The maximum atomic E-state index is 13.2. The molecule has 2 saturated heterocycles. The minimum Gasteiger partial charge on any atom is -0.356 e. The van der Waals surface area contributed by atoms with Gasteiger partial charge in [0.25, 0.3) is 0 Å². The van der Waals surface area contributed by atoms with Gasteiger partial charge in [-0.25, -0.2) is 0 Å². The number of aryl methyl sites for hydroxylation is 1. The lowest BCUT2D eigenvalue weighted by Crippen LogP contribution is -2.54. The molecule has 9 nitrogen and oxygen atoms in total. The van der Waals surface area contributed by atoms with Crippen molar-refractivity contribution in [3.05, 3.63) is 35.7 Å². The highest BCUT2D eigenvalue weighted by atomic mass is 16.2. The predicted octanol–water partition coefficient (Wildman–Crippen LogP) is 0.580. The summed E-state index contributed by atoms with van der Waals surface area (Å²) < 4.78 is 0. The molecule has 9 heteroatoms. The van der Waals surface area contributed by atoms with E-state index in [4.69, 9.17) is 0 Å². The van der Waals surface area contributed by atoms with Gasteiger partial charge in [0.05, 0.1) is 5.92 Å². The van der Waals surface area contributed by atoms with E-state index < -0.39 is 5.54 Å². The Bertz CT molecular complexity index is 899. The molecule has 146 valence electrons. The smallest absolute Gasteiger partial charge is 0.250 e. The van der Waals surface area contributed by atoms with Gasteiger partial charge >= 0.3 is 0 Å². The molecule has 0 saturated carbocycles. The number of aromatic nitrogens is 4. The van der Waals surface area contributed by atoms with Crippen LogP contribution in [0.5, 0.6) is 0 Å². The van der Waals surface area contributed by atoms with Gasteiger partial charge in [0.2, 0.25) is 11.8 Å². The monoisotopic (exact) mass is 381 g/mol. The van der Waals surface area contributed by atoms with Crippen molar-refractivity contribution in [2.75, 3.05) is 18.4 Å². The molecule has 1 aromatic heterocycles. The molecular weight excluding hydrogens is 358 g/mol. The average Bonchev–Trinajstić information content (AvgIpc) is 3.45. The summed E-state index contributed by atoms with van der Waals surface area (Å²) in [4.78, 5) is 28.7. The van der Waals surface area contributed by atoms with Gasteiger partial charge in [0, 0.05) is 30.3 Å². The number of nitrogens with zero attached hydrogens (tertiary/aromatic N) is 4. The first-order chi connectivity index (χ1) is 13.7. The lowest BCUT2D eigenvalue weighted by Gasteiger charge is -2.36. The highest BCUT2D eigenvalue weighted by Crippen LogP contribution is 2.55. The van der Waals surface area contributed by atoms with E-state index in [9.17, 15) is 9.59 Å². The Labute approximate surface area is 162 Å². The quantitative estimate of drug-likeness (QED) is 0.653. The molecule has 1 spiro atoms. The summed E-state index contributed by atoms with van der Waals surface area (Å²) in [5.74, 6) is 0.141. The molecule has 0 bridgehead atoms. The normalized spacial score (nSPS) is 28.4. The predicted molar refractivity (Wildman–Crippen MR) is 100 cm³/mol. The maximum absolute atomic E-state index is 13.2. The van der Waals surface area contributed by atoms with Gasteiger partial charge in [0.1, 0.15) is 5.54 Å². The maximum Gasteiger partial charge on any atom is 0.250 e. The number of anilines is 1. The minimum atomic E-state index is -0.879. The van der Waals surface area contributed by atoms with Crippen LogP contribution in [0.4, 0.5) is 5.69 Å². The van der Waals surface area contributed by atoms with E-state index >= 15 is 0 Å². The van der Waals surface area contributed by atoms with Gasteiger partial charge in [0.15, 0.2) is 5.82 Å². The van der Waals surface area contributed by atoms with Gasteiger partial charge in [-0.15, -0.1) is 10.2 Å². The number of H-pyrrole nitrogens is 1. The Morgan fingerprint density at radius 1 is 1.36 bits per heavy atom. The van der Waals surface area contributed by atoms with Crippen LogP contribution < -0.4 is 10.6 Å². The Hall–Kier alpha value is -2.81. The number of tetrazole rings is 1. The van der Waals surface area contributed by atoms with Gasteiger partial charge in [-0.2, -0.15) is 5.21 Å². The van der Waals surface area contributed by atoms with E-state index in [1.165, 1.54) is 0 Å². The molecule has 3 aliphatic heterocycles. The fourth-order valence-corrected chi connectivity index (χ4v) is 5.25. The summed E-state index contributed by atoms with van der Waals surface area (Å²) in [7, 11) is 0. The zero-order chi connectivity index (χ0) is 19.1. The number of carbonyl (C=O) groups is 2. The Balaban J connectivity index is 1.37. The molecule has 0 aliphatic carbocycles. The van der Waals surface area contributed by atoms with Crippen LogP contribution in [-0.2, 0) is 21.5 Å². The van der Waals surface area contributed by atoms with E-state index in [2.05, 4.69) is 36.2 Å². The number of amides is 2. The lowest BCUT2D eigenvalue weighted by atomic mass is 9.78. The number of fused-ring (bicyclic) bond motifs is 4. The summed E-state index contributed by atoms with van der Waals surface area (Å²) in [5.41, 5.74) is 0.890. The molecule has 2 aromatic rings. The molecular formula is C19H23N7O2. The van der Waals surface area contributed by atoms with Crippen molar-refractivity contribution in [2.45, 2.75) is 43.7 Å². The second-order valence-corrected chi connectivity index (χ2v) is 7.77. The first kappa shape index (κ1) is 17.3. The fourth-order valence-electron chi connectivity index (χ4n) is 5.25. The summed E-state index contributed by atoms with van der Waals surface area (Å²) in [6.07, 6.45) is 4.20. The molecule has 3 N–H and O–H groups in total. The van der Waals surface area contributed by atoms with Gasteiger partial charge in [-0.1, -0.05) is 23.4 Å².